The minimum Gasteiger partial charge on any atom is -0.493 e. The first kappa shape index (κ1) is 10.5. The molecule has 2 heteroatoms. The lowest BCUT2D eigenvalue weighted by atomic mass is 9.99. The Balaban J connectivity index is 2.52. The van der Waals surface area contributed by atoms with Gasteiger partial charge in [-0.05, 0) is 11.8 Å². The van der Waals surface area contributed by atoms with Crippen molar-refractivity contribution in [3.63, 3.8) is 0 Å². The number of ether oxygens (including phenoxy) is 1. The van der Waals surface area contributed by atoms with Gasteiger partial charge >= 0.3 is 0 Å². The van der Waals surface area contributed by atoms with Gasteiger partial charge in [-0.3, -0.25) is 4.98 Å². The van der Waals surface area contributed by atoms with Crippen LogP contribution in [0.15, 0.2) is 6.07 Å². The molecule has 0 unspecified atom stereocenters. The maximum atomic E-state index is 5.64. The van der Waals surface area contributed by atoms with Crippen LogP contribution in [0.25, 0.3) is 0 Å². The lowest BCUT2D eigenvalue weighted by Gasteiger charge is -2.14. The fraction of sp³-hybridized carbons (Fsp3) is 0.615. The fourth-order valence-corrected chi connectivity index (χ4v) is 2.00. The van der Waals surface area contributed by atoms with E-state index in [0.29, 0.717) is 11.8 Å². The Morgan fingerprint density at radius 3 is 2.53 bits per heavy atom. The van der Waals surface area contributed by atoms with Crippen LogP contribution in [-0.2, 0) is 6.42 Å². The van der Waals surface area contributed by atoms with Crippen molar-refractivity contribution in [2.75, 3.05) is 6.61 Å². The molecule has 1 aliphatic heterocycles. The maximum Gasteiger partial charge on any atom is 0.126 e. The molecule has 0 saturated carbocycles. The molecule has 1 aromatic rings. The third-order valence-corrected chi connectivity index (χ3v) is 2.88. The summed E-state index contributed by atoms with van der Waals surface area (Å²) >= 11 is 0. The van der Waals surface area contributed by atoms with E-state index in [-0.39, 0.29) is 0 Å². The highest BCUT2D eigenvalue weighted by molar-refractivity contribution is 5.42. The monoisotopic (exact) mass is 205 g/mol. The second-order valence-corrected chi connectivity index (χ2v) is 4.82. The Hall–Kier alpha value is -1.05. The molecule has 0 saturated heterocycles. The van der Waals surface area contributed by atoms with Gasteiger partial charge in [0.25, 0.3) is 0 Å². The minimum atomic E-state index is 0.469. The van der Waals surface area contributed by atoms with E-state index in [2.05, 4.69) is 33.8 Å². The van der Waals surface area contributed by atoms with E-state index >= 15 is 0 Å². The highest BCUT2D eigenvalue weighted by Gasteiger charge is 2.21. The molecule has 0 amide bonds. The Bertz CT molecular complexity index is 369. The summed E-state index contributed by atoms with van der Waals surface area (Å²) in [5, 5.41) is 0. The predicted molar refractivity (Wildman–Crippen MR) is 61.6 cm³/mol. The van der Waals surface area contributed by atoms with E-state index < -0.39 is 0 Å². The first-order valence-corrected chi connectivity index (χ1v) is 5.76. The molecule has 15 heavy (non-hydrogen) atoms. The van der Waals surface area contributed by atoms with Crippen LogP contribution in [0.2, 0.25) is 0 Å². The van der Waals surface area contributed by atoms with Gasteiger partial charge in [0.2, 0.25) is 0 Å². The number of fused-ring (bicyclic) bond motifs is 1. The third kappa shape index (κ3) is 1.85. The van der Waals surface area contributed by atoms with E-state index in [1.165, 1.54) is 11.3 Å². The number of aromatic nitrogens is 1. The summed E-state index contributed by atoms with van der Waals surface area (Å²) in [6.07, 6.45) is 1.02. The molecule has 0 fully saturated rings. The SMILES string of the molecule is CC(C)c1cc2c(c(C(C)C)n1)CCO2. The van der Waals surface area contributed by atoms with Crippen LogP contribution in [0.4, 0.5) is 0 Å². The zero-order chi connectivity index (χ0) is 11.0. The summed E-state index contributed by atoms with van der Waals surface area (Å²) in [4.78, 5) is 4.76. The van der Waals surface area contributed by atoms with E-state index in [9.17, 15) is 0 Å². The van der Waals surface area contributed by atoms with Gasteiger partial charge in [-0.1, -0.05) is 27.7 Å². The number of rotatable bonds is 2. The van der Waals surface area contributed by atoms with Crippen molar-refractivity contribution in [1.82, 2.24) is 4.98 Å². The Labute approximate surface area is 91.7 Å². The van der Waals surface area contributed by atoms with Crippen LogP contribution in [-0.4, -0.2) is 11.6 Å². The fourth-order valence-electron chi connectivity index (χ4n) is 2.00. The Kier molecular flexibility index (Phi) is 2.68. The van der Waals surface area contributed by atoms with Crippen LogP contribution < -0.4 is 4.74 Å². The quantitative estimate of drug-likeness (QED) is 0.739. The minimum absolute atomic E-state index is 0.469. The number of pyridine rings is 1. The average molecular weight is 205 g/mol. The van der Waals surface area contributed by atoms with Crippen LogP contribution in [0, 0.1) is 0 Å². The molecule has 0 radical (unpaired) electrons. The van der Waals surface area contributed by atoms with Crippen LogP contribution in [0.5, 0.6) is 5.75 Å². The highest BCUT2D eigenvalue weighted by Crippen LogP contribution is 2.33. The van der Waals surface area contributed by atoms with Gasteiger partial charge in [0.15, 0.2) is 0 Å². The van der Waals surface area contributed by atoms with Crippen LogP contribution >= 0.6 is 0 Å². The van der Waals surface area contributed by atoms with Gasteiger partial charge < -0.3 is 4.74 Å². The summed E-state index contributed by atoms with van der Waals surface area (Å²) in [6, 6.07) is 2.11. The van der Waals surface area contributed by atoms with E-state index in [4.69, 9.17) is 9.72 Å². The van der Waals surface area contributed by atoms with Gasteiger partial charge in [0.1, 0.15) is 5.75 Å². The molecule has 0 bridgehead atoms. The lowest BCUT2D eigenvalue weighted by molar-refractivity contribution is 0.356. The maximum absolute atomic E-state index is 5.64. The zero-order valence-electron chi connectivity index (χ0n) is 10.0. The summed E-state index contributed by atoms with van der Waals surface area (Å²) in [5.41, 5.74) is 3.71. The highest BCUT2D eigenvalue weighted by atomic mass is 16.5. The standard InChI is InChI=1S/C13H19NO/c1-8(2)11-7-12-10(5-6-15-12)13(14-11)9(3)4/h7-9H,5-6H2,1-4H3. The van der Waals surface area contributed by atoms with E-state index in [0.717, 1.165) is 24.5 Å². The molecule has 1 aromatic heterocycles. The van der Waals surface area contributed by atoms with Gasteiger partial charge in [-0.2, -0.15) is 0 Å². The molecule has 0 spiro atoms. The molecule has 2 rings (SSSR count). The van der Waals surface area contributed by atoms with Gasteiger partial charge in [-0.15, -0.1) is 0 Å². The zero-order valence-corrected chi connectivity index (χ0v) is 10.0. The first-order valence-electron chi connectivity index (χ1n) is 5.76. The van der Waals surface area contributed by atoms with Gasteiger partial charge in [-0.25, -0.2) is 0 Å². The molecule has 2 heterocycles. The van der Waals surface area contributed by atoms with Crippen molar-refractivity contribution in [2.24, 2.45) is 0 Å². The van der Waals surface area contributed by atoms with Crippen molar-refractivity contribution in [2.45, 2.75) is 46.0 Å². The smallest absolute Gasteiger partial charge is 0.126 e. The second kappa shape index (κ2) is 3.84. The molecule has 82 valence electrons. The Morgan fingerprint density at radius 1 is 1.20 bits per heavy atom. The van der Waals surface area contributed by atoms with E-state index in [1.54, 1.807) is 0 Å². The first-order chi connectivity index (χ1) is 7.09. The number of hydrogen-bond acceptors (Lipinski definition) is 2. The Morgan fingerprint density at radius 2 is 1.93 bits per heavy atom. The number of hydrogen-bond donors (Lipinski definition) is 0. The molecular weight excluding hydrogens is 186 g/mol. The molecule has 1 aliphatic rings. The molecule has 0 atom stereocenters. The van der Waals surface area contributed by atoms with Crippen LogP contribution in [0.3, 0.4) is 0 Å². The average Bonchev–Trinajstić information content (AvgIpc) is 2.62. The predicted octanol–water partition coefficient (Wildman–Crippen LogP) is 3.26. The molecule has 0 aliphatic carbocycles. The molecular formula is C13H19NO. The molecule has 0 N–H and O–H groups in total. The van der Waals surface area contributed by atoms with Crippen molar-refractivity contribution in [3.05, 3.63) is 23.0 Å². The van der Waals surface area contributed by atoms with Crippen molar-refractivity contribution in [3.8, 4) is 5.75 Å². The van der Waals surface area contributed by atoms with Crippen molar-refractivity contribution < 1.29 is 4.74 Å². The topological polar surface area (TPSA) is 22.1 Å². The summed E-state index contributed by atoms with van der Waals surface area (Å²) < 4.78 is 5.64. The van der Waals surface area contributed by atoms with E-state index in [1.807, 2.05) is 0 Å². The second-order valence-electron chi connectivity index (χ2n) is 4.82. The molecule has 2 nitrogen and oxygen atoms in total. The summed E-state index contributed by atoms with van der Waals surface area (Å²) in [6.45, 7) is 9.57. The van der Waals surface area contributed by atoms with Crippen molar-refractivity contribution in [1.29, 1.82) is 0 Å². The number of nitrogens with zero attached hydrogens (tertiary/aromatic N) is 1. The van der Waals surface area contributed by atoms with Gasteiger partial charge in [0.05, 0.1) is 12.3 Å². The third-order valence-electron chi connectivity index (χ3n) is 2.88. The lowest BCUT2D eigenvalue weighted by Crippen LogP contribution is -2.03. The molecule has 0 aromatic carbocycles. The van der Waals surface area contributed by atoms with Gasteiger partial charge in [0, 0.05) is 23.7 Å². The van der Waals surface area contributed by atoms with Crippen molar-refractivity contribution >= 4 is 0 Å². The summed E-state index contributed by atoms with van der Waals surface area (Å²) in [7, 11) is 0. The largest absolute Gasteiger partial charge is 0.493 e. The van der Waals surface area contributed by atoms with Crippen LogP contribution in [0.1, 0.15) is 56.5 Å². The normalized spacial score (nSPS) is 14.5. The summed E-state index contributed by atoms with van der Waals surface area (Å²) in [5.74, 6) is 2.02.